The summed E-state index contributed by atoms with van der Waals surface area (Å²) >= 11 is 0. The standard InChI is InChI=1S/C13H24N2O4.ClH/c1-13(2,3)19-12(18)15-10(11(16)17)8-9-4-6-14-7-5-9;/h9-10,14H,4-8H2,1-3H3,(H,15,18)(H,16,17);1H/t10-;/m0./s1. The fourth-order valence-electron chi connectivity index (χ4n) is 2.12. The Kier molecular flexibility index (Phi) is 7.90. The average molecular weight is 309 g/mol. The largest absolute Gasteiger partial charge is 0.480 e. The Labute approximate surface area is 126 Å². The van der Waals surface area contributed by atoms with Crippen molar-refractivity contribution in [2.75, 3.05) is 13.1 Å². The van der Waals surface area contributed by atoms with Crippen LogP contribution < -0.4 is 10.6 Å². The summed E-state index contributed by atoms with van der Waals surface area (Å²) in [5, 5.41) is 14.8. The van der Waals surface area contributed by atoms with E-state index < -0.39 is 23.7 Å². The summed E-state index contributed by atoms with van der Waals surface area (Å²) in [6.45, 7) is 7.05. The van der Waals surface area contributed by atoms with Crippen LogP contribution in [0.4, 0.5) is 4.79 Å². The number of amides is 1. The number of ether oxygens (including phenoxy) is 1. The van der Waals surface area contributed by atoms with Gasteiger partial charge in [0.25, 0.3) is 0 Å². The van der Waals surface area contributed by atoms with Crippen molar-refractivity contribution >= 4 is 24.5 Å². The van der Waals surface area contributed by atoms with Crippen LogP contribution in [0.3, 0.4) is 0 Å². The van der Waals surface area contributed by atoms with Gasteiger partial charge < -0.3 is 20.5 Å². The smallest absolute Gasteiger partial charge is 0.408 e. The first kappa shape index (κ1) is 19.0. The minimum Gasteiger partial charge on any atom is -0.480 e. The zero-order valence-corrected chi connectivity index (χ0v) is 13.1. The zero-order valence-electron chi connectivity index (χ0n) is 12.3. The highest BCUT2D eigenvalue weighted by Crippen LogP contribution is 2.18. The Bertz CT molecular complexity index is 325. The van der Waals surface area contributed by atoms with Gasteiger partial charge in [0.2, 0.25) is 0 Å². The van der Waals surface area contributed by atoms with Gasteiger partial charge in [0, 0.05) is 0 Å². The Morgan fingerprint density at radius 2 is 1.90 bits per heavy atom. The van der Waals surface area contributed by atoms with Crippen molar-refractivity contribution < 1.29 is 19.4 Å². The molecule has 6 nitrogen and oxygen atoms in total. The second-order valence-electron chi connectivity index (χ2n) is 5.97. The highest BCUT2D eigenvalue weighted by molar-refractivity contribution is 5.85. The number of carbonyl (C=O) groups is 2. The van der Waals surface area contributed by atoms with E-state index in [9.17, 15) is 9.59 Å². The first-order valence-electron chi connectivity index (χ1n) is 6.71. The molecule has 0 spiro atoms. The van der Waals surface area contributed by atoms with Crippen LogP contribution in [0.5, 0.6) is 0 Å². The number of nitrogens with one attached hydrogen (secondary N) is 2. The van der Waals surface area contributed by atoms with Crippen molar-refractivity contribution in [1.82, 2.24) is 10.6 Å². The van der Waals surface area contributed by atoms with Crippen LogP contribution in [-0.4, -0.2) is 41.9 Å². The molecular formula is C13H25ClN2O4. The van der Waals surface area contributed by atoms with E-state index in [0.717, 1.165) is 25.9 Å². The van der Waals surface area contributed by atoms with Crippen LogP contribution in [0.1, 0.15) is 40.0 Å². The number of carboxylic acids is 1. The predicted octanol–water partition coefficient (Wildman–Crippen LogP) is 1.78. The molecule has 0 aromatic rings. The second kappa shape index (κ2) is 8.32. The Morgan fingerprint density at radius 1 is 1.35 bits per heavy atom. The lowest BCUT2D eigenvalue weighted by Gasteiger charge is -2.26. The number of hydrogen-bond acceptors (Lipinski definition) is 4. The zero-order chi connectivity index (χ0) is 14.5. The van der Waals surface area contributed by atoms with E-state index in [0.29, 0.717) is 12.3 Å². The second-order valence-corrected chi connectivity index (χ2v) is 5.97. The molecule has 1 fully saturated rings. The van der Waals surface area contributed by atoms with Gasteiger partial charge >= 0.3 is 12.1 Å². The molecule has 1 heterocycles. The maximum atomic E-state index is 11.6. The molecule has 1 amide bonds. The van der Waals surface area contributed by atoms with Crippen molar-refractivity contribution in [3.05, 3.63) is 0 Å². The highest BCUT2D eigenvalue weighted by Gasteiger charge is 2.27. The van der Waals surface area contributed by atoms with Gasteiger partial charge in [0.1, 0.15) is 11.6 Å². The maximum Gasteiger partial charge on any atom is 0.408 e. The van der Waals surface area contributed by atoms with Crippen molar-refractivity contribution in [2.45, 2.75) is 51.7 Å². The third kappa shape index (κ3) is 7.55. The number of piperidine rings is 1. The molecule has 0 aliphatic carbocycles. The number of rotatable bonds is 4. The Morgan fingerprint density at radius 3 is 2.35 bits per heavy atom. The summed E-state index contributed by atoms with van der Waals surface area (Å²) in [7, 11) is 0. The molecule has 7 heteroatoms. The summed E-state index contributed by atoms with van der Waals surface area (Å²) in [5.41, 5.74) is -0.623. The first-order chi connectivity index (χ1) is 8.78. The minimum atomic E-state index is -1.01. The van der Waals surface area contributed by atoms with Gasteiger partial charge in [-0.1, -0.05) is 0 Å². The van der Waals surface area contributed by atoms with E-state index in [4.69, 9.17) is 9.84 Å². The molecule has 1 saturated heterocycles. The lowest BCUT2D eigenvalue weighted by Crippen LogP contribution is -2.45. The Balaban J connectivity index is 0.00000361. The first-order valence-corrected chi connectivity index (χ1v) is 6.71. The molecule has 1 aliphatic rings. The maximum absolute atomic E-state index is 11.6. The average Bonchev–Trinajstić information content (AvgIpc) is 2.26. The van der Waals surface area contributed by atoms with Crippen LogP contribution in [0, 0.1) is 5.92 Å². The van der Waals surface area contributed by atoms with E-state index in [1.807, 2.05) is 0 Å². The van der Waals surface area contributed by atoms with Gasteiger partial charge in [0.05, 0.1) is 0 Å². The topological polar surface area (TPSA) is 87.7 Å². The molecule has 0 radical (unpaired) electrons. The van der Waals surface area contributed by atoms with E-state index in [-0.39, 0.29) is 12.4 Å². The molecule has 118 valence electrons. The molecule has 0 aromatic carbocycles. The fraction of sp³-hybridized carbons (Fsp3) is 0.846. The molecule has 20 heavy (non-hydrogen) atoms. The number of alkyl carbamates (subject to hydrolysis) is 1. The molecule has 0 aromatic heterocycles. The van der Waals surface area contributed by atoms with E-state index in [2.05, 4.69) is 10.6 Å². The molecule has 0 bridgehead atoms. The third-order valence-electron chi connectivity index (χ3n) is 3.02. The van der Waals surface area contributed by atoms with Gasteiger partial charge in [-0.15, -0.1) is 12.4 Å². The predicted molar refractivity (Wildman–Crippen MR) is 78.3 cm³/mol. The summed E-state index contributed by atoms with van der Waals surface area (Å²) in [5.74, 6) is -0.679. The van der Waals surface area contributed by atoms with Crippen molar-refractivity contribution in [1.29, 1.82) is 0 Å². The number of carbonyl (C=O) groups excluding carboxylic acids is 1. The van der Waals surface area contributed by atoms with Crippen molar-refractivity contribution in [2.24, 2.45) is 5.92 Å². The normalized spacial score (nSPS) is 17.8. The molecule has 0 saturated carbocycles. The summed E-state index contributed by atoms with van der Waals surface area (Å²) in [4.78, 5) is 22.8. The summed E-state index contributed by atoms with van der Waals surface area (Å²) < 4.78 is 5.08. The molecule has 1 rings (SSSR count). The molecular weight excluding hydrogens is 284 g/mol. The lowest BCUT2D eigenvalue weighted by atomic mass is 9.91. The van der Waals surface area contributed by atoms with Gasteiger partial charge in [-0.3, -0.25) is 0 Å². The van der Waals surface area contributed by atoms with Crippen LogP contribution in [0.2, 0.25) is 0 Å². The van der Waals surface area contributed by atoms with E-state index in [1.54, 1.807) is 20.8 Å². The quantitative estimate of drug-likeness (QED) is 0.737. The van der Waals surface area contributed by atoms with Crippen molar-refractivity contribution in [3.8, 4) is 0 Å². The van der Waals surface area contributed by atoms with Gasteiger partial charge in [-0.25, -0.2) is 9.59 Å². The lowest BCUT2D eigenvalue weighted by molar-refractivity contribution is -0.140. The van der Waals surface area contributed by atoms with Gasteiger partial charge in [0.15, 0.2) is 0 Å². The highest BCUT2D eigenvalue weighted by atomic mass is 35.5. The molecule has 1 atom stereocenters. The number of halogens is 1. The molecule has 3 N–H and O–H groups in total. The van der Waals surface area contributed by atoms with E-state index in [1.165, 1.54) is 0 Å². The number of aliphatic carboxylic acids is 1. The van der Waals surface area contributed by atoms with Crippen LogP contribution in [0.15, 0.2) is 0 Å². The fourth-order valence-corrected chi connectivity index (χ4v) is 2.12. The summed E-state index contributed by atoms with van der Waals surface area (Å²) in [6, 6.07) is -0.877. The molecule has 1 aliphatic heterocycles. The Hall–Kier alpha value is -1.01. The van der Waals surface area contributed by atoms with Gasteiger partial charge in [-0.2, -0.15) is 0 Å². The van der Waals surface area contributed by atoms with Crippen LogP contribution >= 0.6 is 12.4 Å². The molecule has 0 unspecified atom stereocenters. The number of carboxylic acid groups (broad SMARTS) is 1. The number of hydrogen-bond donors (Lipinski definition) is 3. The van der Waals surface area contributed by atoms with Crippen molar-refractivity contribution in [3.63, 3.8) is 0 Å². The van der Waals surface area contributed by atoms with Gasteiger partial charge in [-0.05, 0) is 59.0 Å². The van der Waals surface area contributed by atoms with E-state index >= 15 is 0 Å². The monoisotopic (exact) mass is 308 g/mol. The third-order valence-corrected chi connectivity index (χ3v) is 3.02. The minimum absolute atomic E-state index is 0. The van der Waals surface area contributed by atoms with Crippen LogP contribution in [-0.2, 0) is 9.53 Å². The van der Waals surface area contributed by atoms with Crippen LogP contribution in [0.25, 0.3) is 0 Å². The SMILES string of the molecule is CC(C)(C)OC(=O)N[C@@H](CC1CCNCC1)C(=O)O.Cl. The summed E-state index contributed by atoms with van der Waals surface area (Å²) in [6.07, 6.45) is 1.67.